The molecule has 1 N–H and O–H groups in total. The third-order valence-electron chi connectivity index (χ3n) is 3.52. The first-order valence-electron chi connectivity index (χ1n) is 7.90. The highest BCUT2D eigenvalue weighted by Gasteiger charge is 2.15. The van der Waals surface area contributed by atoms with Crippen molar-refractivity contribution in [3.63, 3.8) is 0 Å². The third kappa shape index (κ3) is 5.61. The zero-order valence-electron chi connectivity index (χ0n) is 13.5. The average Bonchev–Trinajstić information content (AvgIpc) is 2.54. The fourth-order valence-corrected chi connectivity index (χ4v) is 2.36. The number of aryl methyl sites for hydroxylation is 1. The summed E-state index contributed by atoms with van der Waals surface area (Å²) in [5.74, 6) is 0.390. The van der Waals surface area contributed by atoms with Crippen molar-refractivity contribution >= 4 is 23.2 Å². The zero-order chi connectivity index (χ0) is 16.7. The SMILES string of the molecule is CCCCc1ccc(NC(=O)[C@@H](C)Oc2cccc(Cl)c2)cc1. The smallest absolute Gasteiger partial charge is 0.265 e. The van der Waals surface area contributed by atoms with E-state index in [2.05, 4.69) is 12.2 Å². The Morgan fingerprint density at radius 2 is 1.96 bits per heavy atom. The number of hydrogen-bond donors (Lipinski definition) is 1. The van der Waals surface area contributed by atoms with Crippen LogP contribution in [0.1, 0.15) is 32.3 Å². The Labute approximate surface area is 142 Å². The lowest BCUT2D eigenvalue weighted by molar-refractivity contribution is -0.122. The maximum absolute atomic E-state index is 12.2. The van der Waals surface area contributed by atoms with Gasteiger partial charge in [-0.1, -0.05) is 43.1 Å². The summed E-state index contributed by atoms with van der Waals surface area (Å²) in [6.45, 7) is 3.89. The topological polar surface area (TPSA) is 38.3 Å². The number of carbonyl (C=O) groups excluding carboxylic acids is 1. The molecule has 3 nitrogen and oxygen atoms in total. The monoisotopic (exact) mass is 331 g/mol. The molecule has 0 aliphatic heterocycles. The molecule has 2 aromatic rings. The van der Waals surface area contributed by atoms with E-state index in [4.69, 9.17) is 16.3 Å². The van der Waals surface area contributed by atoms with Gasteiger partial charge in [0.2, 0.25) is 0 Å². The zero-order valence-corrected chi connectivity index (χ0v) is 14.3. The van der Waals surface area contributed by atoms with Gasteiger partial charge in [0.15, 0.2) is 6.10 Å². The quantitative estimate of drug-likeness (QED) is 0.767. The molecule has 122 valence electrons. The summed E-state index contributed by atoms with van der Waals surface area (Å²) < 4.78 is 5.61. The number of carbonyl (C=O) groups is 1. The molecule has 0 aliphatic rings. The number of rotatable bonds is 7. The number of unbranched alkanes of at least 4 members (excludes halogenated alkanes) is 1. The molecular formula is C19H22ClNO2. The van der Waals surface area contributed by atoms with Crippen molar-refractivity contribution in [1.29, 1.82) is 0 Å². The van der Waals surface area contributed by atoms with Gasteiger partial charge < -0.3 is 10.1 Å². The summed E-state index contributed by atoms with van der Waals surface area (Å²) in [4.78, 5) is 12.2. The Kier molecular flexibility index (Phi) is 6.48. The van der Waals surface area contributed by atoms with Gasteiger partial charge in [-0.15, -0.1) is 0 Å². The summed E-state index contributed by atoms with van der Waals surface area (Å²) in [5.41, 5.74) is 2.06. The Balaban J connectivity index is 1.90. The fourth-order valence-electron chi connectivity index (χ4n) is 2.18. The van der Waals surface area contributed by atoms with E-state index in [1.807, 2.05) is 24.3 Å². The molecule has 0 saturated carbocycles. The van der Waals surface area contributed by atoms with Crippen LogP contribution in [0.5, 0.6) is 5.75 Å². The van der Waals surface area contributed by atoms with Crippen molar-refractivity contribution < 1.29 is 9.53 Å². The van der Waals surface area contributed by atoms with Crippen LogP contribution in [0.4, 0.5) is 5.69 Å². The van der Waals surface area contributed by atoms with E-state index >= 15 is 0 Å². The molecule has 1 atom stereocenters. The van der Waals surface area contributed by atoms with Crippen LogP contribution >= 0.6 is 11.6 Å². The summed E-state index contributed by atoms with van der Waals surface area (Å²) in [6, 6.07) is 15.0. The number of ether oxygens (including phenoxy) is 1. The highest BCUT2D eigenvalue weighted by Crippen LogP contribution is 2.19. The predicted octanol–water partition coefficient (Wildman–Crippen LogP) is 5.09. The van der Waals surface area contributed by atoms with Gasteiger partial charge in [0.05, 0.1) is 0 Å². The van der Waals surface area contributed by atoms with Crippen molar-refractivity contribution in [2.75, 3.05) is 5.32 Å². The Hall–Kier alpha value is -2.00. The predicted molar refractivity (Wildman–Crippen MR) is 95.2 cm³/mol. The molecule has 23 heavy (non-hydrogen) atoms. The first-order valence-corrected chi connectivity index (χ1v) is 8.28. The minimum Gasteiger partial charge on any atom is -0.481 e. The van der Waals surface area contributed by atoms with Gasteiger partial charge in [0, 0.05) is 10.7 Å². The number of nitrogens with one attached hydrogen (secondary N) is 1. The second-order valence-electron chi connectivity index (χ2n) is 5.51. The van der Waals surface area contributed by atoms with Crippen LogP contribution in [0.2, 0.25) is 5.02 Å². The van der Waals surface area contributed by atoms with Gasteiger partial charge in [0.1, 0.15) is 5.75 Å². The normalized spacial score (nSPS) is 11.8. The minimum atomic E-state index is -0.603. The number of amides is 1. The second kappa shape index (κ2) is 8.59. The van der Waals surface area contributed by atoms with Crippen molar-refractivity contribution in [3.05, 3.63) is 59.1 Å². The molecule has 0 heterocycles. The maximum atomic E-state index is 12.2. The van der Waals surface area contributed by atoms with E-state index in [1.165, 1.54) is 18.4 Å². The largest absolute Gasteiger partial charge is 0.481 e. The van der Waals surface area contributed by atoms with Gasteiger partial charge in [-0.3, -0.25) is 4.79 Å². The van der Waals surface area contributed by atoms with Gasteiger partial charge in [0.25, 0.3) is 5.91 Å². The van der Waals surface area contributed by atoms with Gasteiger partial charge in [-0.05, 0) is 55.7 Å². The van der Waals surface area contributed by atoms with Crippen LogP contribution in [0.15, 0.2) is 48.5 Å². The van der Waals surface area contributed by atoms with Gasteiger partial charge in [-0.2, -0.15) is 0 Å². The highest BCUT2D eigenvalue weighted by atomic mass is 35.5. The Morgan fingerprint density at radius 3 is 2.61 bits per heavy atom. The number of halogens is 1. The lowest BCUT2D eigenvalue weighted by Gasteiger charge is -2.15. The van der Waals surface area contributed by atoms with Crippen molar-refractivity contribution in [1.82, 2.24) is 0 Å². The van der Waals surface area contributed by atoms with Crippen LogP contribution in [-0.2, 0) is 11.2 Å². The number of anilines is 1. The first kappa shape index (κ1) is 17.4. The Bertz CT molecular complexity index is 640. The molecule has 0 aliphatic carbocycles. The van der Waals surface area contributed by atoms with E-state index in [-0.39, 0.29) is 5.91 Å². The minimum absolute atomic E-state index is 0.189. The summed E-state index contributed by atoms with van der Waals surface area (Å²) >= 11 is 5.91. The average molecular weight is 332 g/mol. The number of hydrogen-bond acceptors (Lipinski definition) is 2. The van der Waals surface area contributed by atoms with Gasteiger partial charge >= 0.3 is 0 Å². The van der Waals surface area contributed by atoms with Crippen LogP contribution in [-0.4, -0.2) is 12.0 Å². The molecule has 2 aromatic carbocycles. The second-order valence-corrected chi connectivity index (χ2v) is 5.94. The molecule has 1 amide bonds. The number of benzene rings is 2. The van der Waals surface area contributed by atoms with Crippen molar-refractivity contribution in [2.24, 2.45) is 0 Å². The lowest BCUT2D eigenvalue weighted by Crippen LogP contribution is -2.30. The molecule has 0 unspecified atom stereocenters. The molecule has 0 radical (unpaired) electrons. The first-order chi connectivity index (χ1) is 11.1. The van der Waals surface area contributed by atoms with Crippen LogP contribution in [0.3, 0.4) is 0 Å². The van der Waals surface area contributed by atoms with Crippen LogP contribution in [0.25, 0.3) is 0 Å². The third-order valence-corrected chi connectivity index (χ3v) is 3.75. The van der Waals surface area contributed by atoms with Crippen molar-refractivity contribution in [3.8, 4) is 5.75 Å². The highest BCUT2D eigenvalue weighted by molar-refractivity contribution is 6.30. The van der Waals surface area contributed by atoms with Gasteiger partial charge in [-0.25, -0.2) is 0 Å². The fraction of sp³-hybridized carbons (Fsp3) is 0.316. The van der Waals surface area contributed by atoms with E-state index in [9.17, 15) is 4.79 Å². The molecule has 0 aromatic heterocycles. The van der Waals surface area contributed by atoms with E-state index in [0.717, 1.165) is 12.1 Å². The molecular weight excluding hydrogens is 310 g/mol. The maximum Gasteiger partial charge on any atom is 0.265 e. The van der Waals surface area contributed by atoms with Crippen LogP contribution in [0, 0.1) is 0 Å². The molecule has 4 heteroatoms. The standard InChI is InChI=1S/C19H22ClNO2/c1-3-4-6-15-9-11-17(12-10-15)21-19(22)14(2)23-18-8-5-7-16(20)13-18/h5,7-14H,3-4,6H2,1-2H3,(H,21,22)/t14-/m1/s1. The summed E-state index contributed by atoms with van der Waals surface area (Å²) in [5, 5.41) is 3.44. The van der Waals surface area contributed by atoms with Crippen LogP contribution < -0.4 is 10.1 Å². The lowest BCUT2D eigenvalue weighted by atomic mass is 10.1. The van der Waals surface area contributed by atoms with E-state index in [1.54, 1.807) is 31.2 Å². The van der Waals surface area contributed by atoms with Crippen molar-refractivity contribution in [2.45, 2.75) is 39.2 Å². The summed E-state index contributed by atoms with van der Waals surface area (Å²) in [6.07, 6.45) is 2.82. The molecule has 0 spiro atoms. The molecule has 0 fully saturated rings. The van der Waals surface area contributed by atoms with E-state index < -0.39 is 6.10 Å². The molecule has 0 bridgehead atoms. The Morgan fingerprint density at radius 1 is 1.22 bits per heavy atom. The van der Waals surface area contributed by atoms with E-state index in [0.29, 0.717) is 10.8 Å². The summed E-state index contributed by atoms with van der Waals surface area (Å²) in [7, 11) is 0. The molecule has 0 saturated heterocycles. The molecule has 2 rings (SSSR count).